The number of benzene rings is 1. The van der Waals surface area contributed by atoms with Crippen molar-refractivity contribution in [3.63, 3.8) is 0 Å². The fourth-order valence-corrected chi connectivity index (χ4v) is 1.23. The summed E-state index contributed by atoms with van der Waals surface area (Å²) in [6, 6.07) is 6.72. The number of aryl methyl sites for hydroxylation is 1. The molecule has 0 saturated heterocycles. The van der Waals surface area contributed by atoms with Crippen LogP contribution in [-0.4, -0.2) is 0 Å². The van der Waals surface area contributed by atoms with E-state index < -0.39 is 0 Å². The molecule has 2 rings (SSSR count). The minimum atomic E-state index is -0.0168. The molecule has 0 atom stereocenters. The van der Waals surface area contributed by atoms with Gasteiger partial charge in [-0.25, -0.2) is 0 Å². The van der Waals surface area contributed by atoms with Crippen LogP contribution in [0, 0.1) is 6.92 Å². The Bertz CT molecular complexity index is 428. The molecule has 0 spiro atoms. The van der Waals surface area contributed by atoms with Crippen molar-refractivity contribution >= 4 is 0 Å². The number of hydrogen-bond acceptors (Lipinski definition) is 2. The van der Waals surface area contributed by atoms with E-state index in [1.54, 1.807) is 18.4 Å². The van der Waals surface area contributed by atoms with Crippen LogP contribution in [-0.2, 0) is 0 Å². The van der Waals surface area contributed by atoms with E-state index >= 15 is 0 Å². The molecule has 0 unspecified atom stereocenters. The maximum atomic E-state index is 10.9. The molecule has 2 heteroatoms. The largest absolute Gasteiger partial charge is 0.464 e. The highest BCUT2D eigenvalue weighted by atomic mass is 16.3. The highest BCUT2D eigenvalue weighted by Crippen LogP contribution is 2.22. The molecule has 0 amide bonds. The van der Waals surface area contributed by atoms with E-state index in [9.17, 15) is 4.79 Å². The summed E-state index contributed by atoms with van der Waals surface area (Å²) in [6.45, 7) is 1.99. The van der Waals surface area contributed by atoms with Gasteiger partial charge >= 0.3 is 0 Å². The molecule has 0 aromatic heterocycles. The van der Waals surface area contributed by atoms with Crippen LogP contribution in [0.1, 0.15) is 5.56 Å². The molecule has 1 heterocycles. The van der Waals surface area contributed by atoms with Gasteiger partial charge in [-0.05, 0) is 30.7 Å². The lowest BCUT2D eigenvalue weighted by atomic mass is 10.1. The second kappa shape index (κ2) is 2.48. The van der Waals surface area contributed by atoms with Crippen LogP contribution in [0.3, 0.4) is 0 Å². The summed E-state index contributed by atoms with van der Waals surface area (Å²) in [7, 11) is 0. The number of hydrogen-bond donors (Lipinski definition) is 0. The minimum absolute atomic E-state index is 0.0168. The molecule has 0 aromatic rings. The van der Waals surface area contributed by atoms with Gasteiger partial charge in [-0.2, -0.15) is 0 Å². The Morgan fingerprint density at radius 2 is 2.08 bits per heavy atom. The number of fused-ring (bicyclic) bond motifs is 1. The summed E-state index contributed by atoms with van der Waals surface area (Å²) < 4.78 is 5.17. The predicted octanol–water partition coefficient (Wildman–Crippen LogP) is 2.05. The Labute approximate surface area is 69.8 Å². The van der Waals surface area contributed by atoms with Gasteiger partial charge in [-0.15, -0.1) is 0 Å². The second-order valence-corrected chi connectivity index (χ2v) is 2.76. The van der Waals surface area contributed by atoms with Crippen LogP contribution in [0.4, 0.5) is 0 Å². The molecule has 1 aliphatic carbocycles. The first-order chi connectivity index (χ1) is 5.77. The zero-order valence-electron chi connectivity index (χ0n) is 6.70. The van der Waals surface area contributed by atoms with Gasteiger partial charge in [-0.3, -0.25) is 4.79 Å². The summed E-state index contributed by atoms with van der Waals surface area (Å²) in [5, 5.41) is 0. The van der Waals surface area contributed by atoms with Gasteiger partial charge in [0.2, 0.25) is 0 Å². The monoisotopic (exact) mass is 160 g/mol. The molecular formula is C10H8O2. The maximum absolute atomic E-state index is 10.9. The van der Waals surface area contributed by atoms with Gasteiger partial charge in [0.1, 0.15) is 5.76 Å². The molecule has 12 heavy (non-hydrogen) atoms. The molecular weight excluding hydrogens is 152 g/mol. The highest BCUT2D eigenvalue weighted by Gasteiger charge is 2.05. The van der Waals surface area contributed by atoms with Crippen LogP contribution >= 0.6 is 0 Å². The third-order valence-electron chi connectivity index (χ3n) is 1.89. The van der Waals surface area contributed by atoms with Crippen LogP contribution in [0.15, 0.2) is 39.7 Å². The zero-order chi connectivity index (χ0) is 8.55. The van der Waals surface area contributed by atoms with E-state index in [0.29, 0.717) is 5.76 Å². The number of rotatable bonds is 0. The van der Waals surface area contributed by atoms with E-state index in [0.717, 1.165) is 11.1 Å². The Morgan fingerprint density at radius 1 is 1.25 bits per heavy atom. The predicted molar refractivity (Wildman–Crippen MR) is 46.3 cm³/mol. The third-order valence-corrected chi connectivity index (χ3v) is 1.89. The molecule has 0 bridgehead atoms. The molecule has 0 saturated carbocycles. The van der Waals surface area contributed by atoms with Crippen molar-refractivity contribution < 1.29 is 4.42 Å². The summed E-state index contributed by atoms with van der Waals surface area (Å²) >= 11 is 0. The summed E-state index contributed by atoms with van der Waals surface area (Å²) in [5.74, 6) is 0.655. The van der Waals surface area contributed by atoms with Crippen molar-refractivity contribution in [1.29, 1.82) is 0 Å². The molecule has 60 valence electrons. The van der Waals surface area contributed by atoms with Crippen LogP contribution in [0.25, 0.3) is 11.3 Å². The zero-order valence-corrected chi connectivity index (χ0v) is 6.70. The van der Waals surface area contributed by atoms with E-state index in [1.807, 2.05) is 13.0 Å². The van der Waals surface area contributed by atoms with Crippen LogP contribution < -0.4 is 5.43 Å². The first kappa shape index (κ1) is 7.10. The van der Waals surface area contributed by atoms with Crippen molar-refractivity contribution in [2.45, 2.75) is 6.92 Å². The smallest absolute Gasteiger partial charge is 0.182 e. The lowest BCUT2D eigenvalue weighted by molar-refractivity contribution is 0.563. The fraction of sp³-hybridized carbons (Fsp3) is 0.100. The minimum Gasteiger partial charge on any atom is -0.464 e. The van der Waals surface area contributed by atoms with Gasteiger partial charge in [0.15, 0.2) is 5.43 Å². The summed E-state index contributed by atoms with van der Waals surface area (Å²) in [5.41, 5.74) is 2.10. The van der Waals surface area contributed by atoms with E-state index in [1.165, 1.54) is 6.07 Å². The van der Waals surface area contributed by atoms with Gasteiger partial charge in [0.05, 0.1) is 6.26 Å². The topological polar surface area (TPSA) is 30.2 Å². The average molecular weight is 160 g/mol. The Morgan fingerprint density at radius 3 is 2.92 bits per heavy atom. The van der Waals surface area contributed by atoms with E-state index in [4.69, 9.17) is 4.42 Å². The van der Waals surface area contributed by atoms with Gasteiger partial charge in [-0.1, -0.05) is 0 Å². The van der Waals surface area contributed by atoms with Gasteiger partial charge < -0.3 is 4.42 Å². The first-order valence-corrected chi connectivity index (χ1v) is 3.75. The SMILES string of the molecule is Cc1ccoc2cc(=O)ccc1-2. The first-order valence-electron chi connectivity index (χ1n) is 3.75. The molecule has 0 aromatic carbocycles. The molecule has 0 N–H and O–H groups in total. The van der Waals surface area contributed by atoms with Crippen molar-refractivity contribution in [3.8, 4) is 11.3 Å². The van der Waals surface area contributed by atoms with Crippen molar-refractivity contribution in [3.05, 3.63) is 46.3 Å². The van der Waals surface area contributed by atoms with Crippen LogP contribution in [0.2, 0.25) is 0 Å². The maximum Gasteiger partial charge on any atom is 0.182 e. The highest BCUT2D eigenvalue weighted by molar-refractivity contribution is 5.61. The molecule has 1 aliphatic heterocycles. The lowest BCUT2D eigenvalue weighted by Crippen LogP contribution is -1.98. The summed E-state index contributed by atoms with van der Waals surface area (Å²) in [6.07, 6.45) is 1.59. The molecule has 0 radical (unpaired) electrons. The molecule has 0 fully saturated rings. The Kier molecular flexibility index (Phi) is 1.47. The Hall–Kier alpha value is -1.57. The van der Waals surface area contributed by atoms with Crippen molar-refractivity contribution in [1.82, 2.24) is 0 Å². The third kappa shape index (κ3) is 1.01. The lowest BCUT2D eigenvalue weighted by Gasteiger charge is -2.04. The second-order valence-electron chi connectivity index (χ2n) is 2.76. The standard InChI is InChI=1S/C10H8O2/c1-7-4-5-12-10-6-8(11)2-3-9(7)10/h2-6H,1H3. The van der Waals surface area contributed by atoms with Crippen molar-refractivity contribution in [2.75, 3.05) is 0 Å². The normalized spacial score (nSPS) is 10.4. The quantitative estimate of drug-likeness (QED) is 0.590. The molecule has 2 aliphatic rings. The summed E-state index contributed by atoms with van der Waals surface area (Å²) in [4.78, 5) is 10.9. The van der Waals surface area contributed by atoms with Gasteiger partial charge in [0, 0.05) is 11.6 Å². The van der Waals surface area contributed by atoms with E-state index in [-0.39, 0.29) is 5.43 Å². The average Bonchev–Trinajstić information content (AvgIpc) is 2.04. The fourth-order valence-electron chi connectivity index (χ4n) is 1.23. The van der Waals surface area contributed by atoms with E-state index in [2.05, 4.69) is 0 Å². The van der Waals surface area contributed by atoms with Gasteiger partial charge in [0.25, 0.3) is 0 Å². The van der Waals surface area contributed by atoms with Crippen molar-refractivity contribution in [2.24, 2.45) is 0 Å². The van der Waals surface area contributed by atoms with Crippen LogP contribution in [0.5, 0.6) is 0 Å². The molecule has 2 nitrogen and oxygen atoms in total. The Balaban J connectivity index is 2.86.